The molecule has 0 aliphatic carbocycles. The summed E-state index contributed by atoms with van der Waals surface area (Å²) in [5.74, 6) is -0.0746. The van der Waals surface area contributed by atoms with Gasteiger partial charge in [0, 0.05) is 38.3 Å². The topological polar surface area (TPSA) is 73.9 Å². The van der Waals surface area contributed by atoms with Crippen molar-refractivity contribution in [2.45, 2.75) is 6.42 Å². The number of nitrogens with one attached hydrogen (secondary N) is 2. The molecule has 136 valence electrons. The first kappa shape index (κ1) is 18.0. The van der Waals surface area contributed by atoms with E-state index in [1.807, 2.05) is 0 Å². The third-order valence-electron chi connectivity index (χ3n) is 4.38. The molecular weight excluding hydrogens is 344 g/mol. The number of carbonyl (C=O) groups is 2. The van der Waals surface area contributed by atoms with Gasteiger partial charge in [-0.3, -0.25) is 4.79 Å². The van der Waals surface area contributed by atoms with Gasteiger partial charge >= 0.3 is 6.03 Å². The number of hydrogen-bond acceptors (Lipinski definition) is 4. The minimum atomic E-state index is -0.193. The molecule has 0 saturated carbocycles. The number of benzene rings is 1. The lowest BCUT2D eigenvalue weighted by molar-refractivity contribution is 0.0303. The SMILES string of the molecule is O=C(Nc1cc(C(=O)N2CCOCC2)ccc1Cl)N1CCCNCC1. The molecule has 3 rings (SSSR count). The summed E-state index contributed by atoms with van der Waals surface area (Å²) in [5, 5.41) is 6.51. The number of ether oxygens (including phenoxy) is 1. The molecule has 0 radical (unpaired) electrons. The van der Waals surface area contributed by atoms with E-state index in [9.17, 15) is 9.59 Å². The molecule has 7 nitrogen and oxygen atoms in total. The van der Waals surface area contributed by atoms with Gasteiger partial charge < -0.3 is 25.2 Å². The van der Waals surface area contributed by atoms with Crippen LogP contribution in [0.5, 0.6) is 0 Å². The predicted molar refractivity (Wildman–Crippen MR) is 96.3 cm³/mol. The molecule has 0 atom stereocenters. The van der Waals surface area contributed by atoms with Crippen molar-refractivity contribution in [3.8, 4) is 0 Å². The maximum atomic E-state index is 12.6. The van der Waals surface area contributed by atoms with Gasteiger partial charge in [0.25, 0.3) is 5.91 Å². The van der Waals surface area contributed by atoms with Gasteiger partial charge in [0.2, 0.25) is 0 Å². The highest BCUT2D eigenvalue weighted by atomic mass is 35.5. The van der Waals surface area contributed by atoms with E-state index in [1.54, 1.807) is 28.0 Å². The highest BCUT2D eigenvalue weighted by Crippen LogP contribution is 2.24. The molecule has 2 saturated heterocycles. The number of urea groups is 1. The van der Waals surface area contributed by atoms with E-state index < -0.39 is 0 Å². The molecule has 3 amide bonds. The Bertz CT molecular complexity index is 626. The standard InChI is InChI=1S/C17H23ClN4O3/c18-14-3-2-13(16(23)21-8-10-25-11-9-21)12-15(14)20-17(24)22-6-1-4-19-5-7-22/h2-3,12,19H,1,4-11H2,(H,20,24). The van der Waals surface area contributed by atoms with Crippen LogP contribution < -0.4 is 10.6 Å². The summed E-state index contributed by atoms with van der Waals surface area (Å²) in [6.45, 7) is 5.27. The van der Waals surface area contributed by atoms with Gasteiger partial charge in [-0.2, -0.15) is 0 Å². The highest BCUT2D eigenvalue weighted by molar-refractivity contribution is 6.33. The Kier molecular flexibility index (Phi) is 6.12. The van der Waals surface area contributed by atoms with E-state index in [4.69, 9.17) is 16.3 Å². The van der Waals surface area contributed by atoms with E-state index in [0.717, 1.165) is 19.5 Å². The van der Waals surface area contributed by atoms with Gasteiger partial charge in [-0.15, -0.1) is 0 Å². The summed E-state index contributed by atoms with van der Waals surface area (Å²) in [6.07, 6.45) is 0.913. The summed E-state index contributed by atoms with van der Waals surface area (Å²) in [5.41, 5.74) is 0.974. The zero-order valence-electron chi connectivity index (χ0n) is 14.1. The number of amides is 3. The molecule has 2 aliphatic heterocycles. The minimum absolute atomic E-state index is 0.0746. The summed E-state index contributed by atoms with van der Waals surface area (Å²) < 4.78 is 5.28. The van der Waals surface area contributed by atoms with Gasteiger partial charge in [-0.05, 0) is 31.2 Å². The number of morpholine rings is 1. The fraction of sp³-hybridized carbons (Fsp3) is 0.529. The molecule has 0 spiro atoms. The number of halogens is 1. The molecule has 2 heterocycles. The first-order valence-electron chi connectivity index (χ1n) is 8.58. The average molecular weight is 367 g/mol. The molecular formula is C17H23ClN4O3. The van der Waals surface area contributed by atoms with Crippen LogP contribution in [-0.2, 0) is 4.74 Å². The van der Waals surface area contributed by atoms with E-state index in [1.165, 1.54) is 0 Å². The lowest BCUT2D eigenvalue weighted by Gasteiger charge is -2.27. The predicted octanol–water partition coefficient (Wildman–Crippen LogP) is 1.64. The molecule has 1 aromatic carbocycles. The van der Waals surface area contributed by atoms with Crippen LogP contribution in [0.4, 0.5) is 10.5 Å². The lowest BCUT2D eigenvalue weighted by atomic mass is 10.1. The van der Waals surface area contributed by atoms with E-state index >= 15 is 0 Å². The van der Waals surface area contributed by atoms with Crippen molar-refractivity contribution < 1.29 is 14.3 Å². The largest absolute Gasteiger partial charge is 0.378 e. The number of anilines is 1. The van der Waals surface area contributed by atoms with Gasteiger partial charge in [0.1, 0.15) is 0 Å². The van der Waals surface area contributed by atoms with Crippen LogP contribution in [-0.4, -0.2) is 74.2 Å². The maximum Gasteiger partial charge on any atom is 0.321 e. The monoisotopic (exact) mass is 366 g/mol. The van der Waals surface area contributed by atoms with Crippen molar-refractivity contribution >= 4 is 29.2 Å². The Morgan fingerprint density at radius 1 is 1.08 bits per heavy atom. The molecule has 0 bridgehead atoms. The number of carbonyl (C=O) groups excluding carboxylic acids is 2. The van der Waals surface area contributed by atoms with E-state index in [0.29, 0.717) is 55.7 Å². The number of nitrogens with zero attached hydrogens (tertiary/aromatic N) is 2. The van der Waals surface area contributed by atoms with Crippen LogP contribution in [0.25, 0.3) is 0 Å². The van der Waals surface area contributed by atoms with Crippen molar-refractivity contribution in [1.29, 1.82) is 0 Å². The Morgan fingerprint density at radius 3 is 2.68 bits per heavy atom. The van der Waals surface area contributed by atoms with E-state index in [-0.39, 0.29) is 11.9 Å². The molecule has 2 N–H and O–H groups in total. The molecule has 0 aromatic heterocycles. The first-order chi connectivity index (χ1) is 12.1. The van der Waals surface area contributed by atoms with Crippen molar-refractivity contribution in [1.82, 2.24) is 15.1 Å². The Labute approximate surface area is 152 Å². The average Bonchev–Trinajstić information content (AvgIpc) is 2.93. The summed E-state index contributed by atoms with van der Waals surface area (Å²) in [4.78, 5) is 28.6. The summed E-state index contributed by atoms with van der Waals surface area (Å²) >= 11 is 6.21. The van der Waals surface area contributed by atoms with Crippen LogP contribution >= 0.6 is 11.6 Å². The normalized spacial score (nSPS) is 18.6. The number of rotatable bonds is 2. The molecule has 1 aromatic rings. The molecule has 0 unspecified atom stereocenters. The van der Waals surface area contributed by atoms with Crippen molar-refractivity contribution in [3.05, 3.63) is 28.8 Å². The molecule has 25 heavy (non-hydrogen) atoms. The van der Waals surface area contributed by atoms with Crippen LogP contribution in [0, 0.1) is 0 Å². The lowest BCUT2D eigenvalue weighted by Crippen LogP contribution is -2.40. The van der Waals surface area contributed by atoms with Gasteiger partial charge in [0.05, 0.1) is 23.9 Å². The second-order valence-electron chi connectivity index (χ2n) is 6.12. The molecule has 2 aliphatic rings. The quantitative estimate of drug-likeness (QED) is 0.834. The minimum Gasteiger partial charge on any atom is -0.378 e. The van der Waals surface area contributed by atoms with Crippen molar-refractivity contribution in [3.63, 3.8) is 0 Å². The highest BCUT2D eigenvalue weighted by Gasteiger charge is 2.21. The summed E-state index contributed by atoms with van der Waals surface area (Å²) in [7, 11) is 0. The Balaban J connectivity index is 1.70. The Hall–Kier alpha value is -1.83. The van der Waals surface area contributed by atoms with Gasteiger partial charge in [-0.25, -0.2) is 4.79 Å². The van der Waals surface area contributed by atoms with E-state index in [2.05, 4.69) is 10.6 Å². The van der Waals surface area contributed by atoms with Crippen LogP contribution in [0.2, 0.25) is 5.02 Å². The first-order valence-corrected chi connectivity index (χ1v) is 8.96. The zero-order valence-corrected chi connectivity index (χ0v) is 14.8. The van der Waals surface area contributed by atoms with Crippen molar-refractivity contribution in [2.24, 2.45) is 0 Å². The smallest absolute Gasteiger partial charge is 0.321 e. The van der Waals surface area contributed by atoms with Crippen LogP contribution in [0.1, 0.15) is 16.8 Å². The van der Waals surface area contributed by atoms with Crippen LogP contribution in [0.3, 0.4) is 0 Å². The van der Waals surface area contributed by atoms with Crippen molar-refractivity contribution in [2.75, 3.05) is 57.8 Å². The molecule has 2 fully saturated rings. The fourth-order valence-electron chi connectivity index (χ4n) is 2.95. The van der Waals surface area contributed by atoms with Gasteiger partial charge in [0.15, 0.2) is 0 Å². The zero-order chi connectivity index (χ0) is 17.6. The Morgan fingerprint density at radius 2 is 1.88 bits per heavy atom. The summed E-state index contributed by atoms with van der Waals surface area (Å²) in [6, 6.07) is 4.79. The maximum absolute atomic E-state index is 12.6. The van der Waals surface area contributed by atoms with Gasteiger partial charge in [-0.1, -0.05) is 11.6 Å². The third-order valence-corrected chi connectivity index (χ3v) is 4.71. The number of hydrogen-bond donors (Lipinski definition) is 2. The molecule has 8 heteroatoms. The fourth-order valence-corrected chi connectivity index (χ4v) is 3.11. The second kappa shape index (κ2) is 8.51. The third kappa shape index (κ3) is 4.62. The second-order valence-corrected chi connectivity index (χ2v) is 6.53. The van der Waals surface area contributed by atoms with Crippen LogP contribution in [0.15, 0.2) is 18.2 Å².